The van der Waals surface area contributed by atoms with Gasteiger partial charge in [0.15, 0.2) is 0 Å². The Bertz CT molecular complexity index is 1240. The van der Waals surface area contributed by atoms with Gasteiger partial charge in [0.05, 0.1) is 22.7 Å². The number of carbonyl (C=O) groups excluding carboxylic acids is 1. The van der Waals surface area contributed by atoms with Gasteiger partial charge in [0, 0.05) is 42.0 Å². The van der Waals surface area contributed by atoms with Crippen molar-refractivity contribution in [1.82, 2.24) is 15.3 Å². The second-order valence-electron chi connectivity index (χ2n) is 6.12. The van der Waals surface area contributed by atoms with Crippen LogP contribution in [0.2, 0.25) is 0 Å². The Morgan fingerprint density at radius 3 is 2.81 bits per heavy atom. The van der Waals surface area contributed by atoms with E-state index in [9.17, 15) is 10.1 Å². The highest BCUT2D eigenvalue weighted by molar-refractivity contribution is 6.10. The quantitative estimate of drug-likeness (QED) is 0.544. The fraction of sp³-hybridized carbons (Fsp3) is 0.0455. The summed E-state index contributed by atoms with van der Waals surface area (Å²) in [6, 6.07) is 15.6. The minimum atomic E-state index is -0.168. The van der Waals surface area contributed by atoms with Gasteiger partial charge in [-0.3, -0.25) is 9.78 Å². The van der Waals surface area contributed by atoms with Crippen LogP contribution in [0, 0.1) is 11.3 Å². The summed E-state index contributed by atoms with van der Waals surface area (Å²) in [7, 11) is 1.60. The second-order valence-corrected chi connectivity index (χ2v) is 6.12. The SMILES string of the molecule is CNC(=O)c1cccc2c(/C(C#N)=C/c3cccc4cnccc34)c[nH]c12. The third kappa shape index (κ3) is 2.83. The molecule has 2 aromatic carbocycles. The van der Waals surface area contributed by atoms with Crippen molar-refractivity contribution in [3.8, 4) is 6.07 Å². The van der Waals surface area contributed by atoms with E-state index in [1.54, 1.807) is 31.7 Å². The van der Waals surface area contributed by atoms with Crippen molar-refractivity contribution >= 4 is 39.2 Å². The van der Waals surface area contributed by atoms with Crippen molar-refractivity contribution in [3.63, 3.8) is 0 Å². The Balaban J connectivity index is 1.90. The topological polar surface area (TPSA) is 81.6 Å². The van der Waals surface area contributed by atoms with Crippen molar-refractivity contribution in [2.45, 2.75) is 0 Å². The molecule has 27 heavy (non-hydrogen) atoms. The summed E-state index contributed by atoms with van der Waals surface area (Å²) in [6.45, 7) is 0. The number of pyridine rings is 1. The molecule has 2 aromatic heterocycles. The molecule has 0 radical (unpaired) electrons. The second kappa shape index (κ2) is 6.77. The normalized spacial score (nSPS) is 11.5. The Morgan fingerprint density at radius 2 is 2.00 bits per heavy atom. The molecule has 0 saturated heterocycles. The molecule has 0 aliphatic carbocycles. The molecule has 5 heteroatoms. The van der Waals surface area contributed by atoms with Gasteiger partial charge in [0.2, 0.25) is 0 Å². The van der Waals surface area contributed by atoms with Crippen LogP contribution in [0.5, 0.6) is 0 Å². The molecule has 0 spiro atoms. The van der Waals surface area contributed by atoms with Gasteiger partial charge >= 0.3 is 0 Å². The smallest absolute Gasteiger partial charge is 0.253 e. The molecule has 1 amide bonds. The van der Waals surface area contributed by atoms with E-state index < -0.39 is 0 Å². The fourth-order valence-electron chi connectivity index (χ4n) is 3.30. The lowest BCUT2D eigenvalue weighted by Gasteiger charge is -2.04. The van der Waals surface area contributed by atoms with Gasteiger partial charge in [-0.2, -0.15) is 5.26 Å². The van der Waals surface area contributed by atoms with Crippen molar-refractivity contribution in [2.75, 3.05) is 7.05 Å². The Hall–Kier alpha value is -3.91. The number of aromatic nitrogens is 2. The van der Waals surface area contributed by atoms with Crippen LogP contribution in [0.4, 0.5) is 0 Å². The Labute approximate surface area is 156 Å². The number of nitrogens with zero attached hydrogens (tertiary/aromatic N) is 2. The molecule has 0 unspecified atom stereocenters. The monoisotopic (exact) mass is 352 g/mol. The number of para-hydroxylation sites is 1. The van der Waals surface area contributed by atoms with Crippen molar-refractivity contribution in [1.29, 1.82) is 5.26 Å². The summed E-state index contributed by atoms with van der Waals surface area (Å²) in [5, 5.41) is 15.3. The number of hydrogen-bond donors (Lipinski definition) is 2. The molecule has 2 N–H and O–H groups in total. The van der Waals surface area contributed by atoms with E-state index in [1.807, 2.05) is 42.5 Å². The first-order valence-corrected chi connectivity index (χ1v) is 8.50. The summed E-state index contributed by atoms with van der Waals surface area (Å²) in [5.41, 5.74) is 3.51. The maximum Gasteiger partial charge on any atom is 0.253 e. The van der Waals surface area contributed by atoms with Gasteiger partial charge in [-0.15, -0.1) is 0 Å². The average Bonchev–Trinajstić information content (AvgIpc) is 3.15. The molecular formula is C22H16N4O. The number of benzene rings is 2. The average molecular weight is 352 g/mol. The first-order valence-electron chi connectivity index (χ1n) is 8.50. The molecule has 4 rings (SSSR count). The highest BCUT2D eigenvalue weighted by atomic mass is 16.1. The lowest BCUT2D eigenvalue weighted by molar-refractivity contribution is 0.0964. The Kier molecular flexibility index (Phi) is 4.15. The first-order chi connectivity index (χ1) is 13.2. The van der Waals surface area contributed by atoms with Crippen LogP contribution in [0.15, 0.2) is 61.1 Å². The number of amides is 1. The summed E-state index contributed by atoms with van der Waals surface area (Å²) in [6.07, 6.45) is 7.20. The van der Waals surface area contributed by atoms with Gasteiger partial charge < -0.3 is 10.3 Å². The van der Waals surface area contributed by atoms with Gasteiger partial charge in [0.25, 0.3) is 5.91 Å². The van der Waals surface area contributed by atoms with Crippen LogP contribution in [-0.4, -0.2) is 22.9 Å². The molecule has 0 bridgehead atoms. The van der Waals surface area contributed by atoms with Crippen molar-refractivity contribution < 1.29 is 4.79 Å². The standard InChI is InChI=1S/C22H16N4O/c1-24-22(27)19-7-3-6-18-20(13-26-21(18)19)16(11-23)10-14-4-2-5-15-12-25-9-8-17(14)15/h2-10,12-13,26H,1H3,(H,24,27)/b16-10+. The summed E-state index contributed by atoms with van der Waals surface area (Å²) in [4.78, 5) is 19.4. The molecule has 0 aliphatic rings. The molecule has 0 saturated carbocycles. The zero-order chi connectivity index (χ0) is 18.8. The molecule has 4 aromatic rings. The number of carbonyl (C=O) groups is 1. The van der Waals surface area contributed by atoms with Crippen LogP contribution in [0.3, 0.4) is 0 Å². The number of H-pyrrole nitrogens is 1. The summed E-state index contributed by atoms with van der Waals surface area (Å²) >= 11 is 0. The molecule has 130 valence electrons. The molecule has 0 aliphatic heterocycles. The van der Waals surface area contributed by atoms with Gasteiger partial charge in [-0.1, -0.05) is 30.3 Å². The number of rotatable bonds is 3. The lowest BCUT2D eigenvalue weighted by atomic mass is 9.99. The largest absolute Gasteiger partial charge is 0.360 e. The van der Waals surface area contributed by atoms with E-state index in [-0.39, 0.29) is 5.91 Å². The predicted molar refractivity (Wildman–Crippen MR) is 107 cm³/mol. The number of fused-ring (bicyclic) bond motifs is 2. The van der Waals surface area contributed by atoms with Gasteiger partial charge in [0.1, 0.15) is 0 Å². The van der Waals surface area contributed by atoms with Gasteiger partial charge in [-0.05, 0) is 29.2 Å². The van der Waals surface area contributed by atoms with E-state index in [0.29, 0.717) is 11.1 Å². The first kappa shape index (κ1) is 16.6. The van der Waals surface area contributed by atoms with Crippen molar-refractivity contribution in [3.05, 3.63) is 77.7 Å². The van der Waals surface area contributed by atoms with Crippen molar-refractivity contribution in [2.24, 2.45) is 0 Å². The van der Waals surface area contributed by atoms with E-state index in [4.69, 9.17) is 0 Å². The number of hydrogen-bond acceptors (Lipinski definition) is 3. The van der Waals surface area contributed by atoms with Gasteiger partial charge in [-0.25, -0.2) is 0 Å². The number of allylic oxidation sites excluding steroid dienone is 1. The maximum atomic E-state index is 12.1. The summed E-state index contributed by atoms with van der Waals surface area (Å²) < 4.78 is 0. The molecular weight excluding hydrogens is 336 g/mol. The minimum absolute atomic E-state index is 0.168. The fourth-order valence-corrected chi connectivity index (χ4v) is 3.30. The van der Waals surface area contributed by atoms with Crippen LogP contribution in [0.25, 0.3) is 33.3 Å². The zero-order valence-electron chi connectivity index (χ0n) is 14.7. The Morgan fingerprint density at radius 1 is 1.15 bits per heavy atom. The highest BCUT2D eigenvalue weighted by Crippen LogP contribution is 2.29. The van der Waals surface area contributed by atoms with E-state index >= 15 is 0 Å². The van der Waals surface area contributed by atoms with E-state index in [0.717, 1.165) is 32.8 Å². The number of nitriles is 1. The molecule has 0 fully saturated rings. The van der Waals surface area contributed by atoms with Crippen LogP contribution in [-0.2, 0) is 0 Å². The highest BCUT2D eigenvalue weighted by Gasteiger charge is 2.14. The molecule has 0 atom stereocenters. The van der Waals surface area contributed by atoms with Crippen LogP contribution in [0.1, 0.15) is 21.5 Å². The number of nitrogens with one attached hydrogen (secondary N) is 2. The third-order valence-electron chi connectivity index (χ3n) is 4.61. The van der Waals surface area contributed by atoms with E-state index in [2.05, 4.69) is 21.4 Å². The third-order valence-corrected chi connectivity index (χ3v) is 4.61. The minimum Gasteiger partial charge on any atom is -0.360 e. The maximum absolute atomic E-state index is 12.1. The van der Waals surface area contributed by atoms with Crippen LogP contribution >= 0.6 is 0 Å². The summed E-state index contributed by atoms with van der Waals surface area (Å²) in [5.74, 6) is -0.168. The van der Waals surface area contributed by atoms with Crippen LogP contribution < -0.4 is 5.32 Å². The zero-order valence-corrected chi connectivity index (χ0v) is 14.7. The number of aromatic amines is 1. The van der Waals surface area contributed by atoms with E-state index in [1.165, 1.54) is 0 Å². The molecule has 2 heterocycles. The predicted octanol–water partition coefficient (Wildman–Crippen LogP) is 4.14. The lowest BCUT2D eigenvalue weighted by Crippen LogP contribution is -2.18. The molecule has 5 nitrogen and oxygen atoms in total.